The van der Waals surface area contributed by atoms with Crippen molar-refractivity contribution < 1.29 is 34.0 Å². The van der Waals surface area contributed by atoms with Crippen molar-refractivity contribution in [2.45, 2.75) is 122 Å². The third-order valence-electron chi connectivity index (χ3n) is 13.9. The summed E-state index contributed by atoms with van der Waals surface area (Å²) in [7, 11) is -0.799. The van der Waals surface area contributed by atoms with Crippen LogP contribution < -0.4 is 29.8 Å². The number of benzene rings is 3. The summed E-state index contributed by atoms with van der Waals surface area (Å²) in [5.41, 5.74) is 5.81. The number of nitrogens with zero attached hydrogens (tertiary/aromatic N) is 5. The molecule has 7 rings (SSSR count). The summed E-state index contributed by atoms with van der Waals surface area (Å²) in [4.78, 5) is 34.3. The highest BCUT2D eigenvalue weighted by Gasteiger charge is 2.66. The third-order valence-corrected chi connectivity index (χ3v) is 18.3. The second kappa shape index (κ2) is 21.2. The SMILES string of the molecule is CCOc1ccc2c(c1)CC(NCCCCO)C(=O)N2c1ccc2c(c1)[C@]1(O[C@@H](CCn3cc(CCO)nn3)[C@H]([Si](C)(C)c3ccc(OC)cc3)[C@H]1C)C(=O)N2C/C=C(\C)CCC=C(C)C. The van der Waals surface area contributed by atoms with E-state index in [0.29, 0.717) is 57.6 Å². The van der Waals surface area contributed by atoms with E-state index < -0.39 is 19.7 Å². The molecule has 1 unspecified atom stereocenters. The number of aliphatic hydroxyl groups excluding tert-OH is 2. The number of anilines is 3. The molecule has 3 N–H and O–H groups in total. The number of carbonyl (C=O) groups is 2. The van der Waals surface area contributed by atoms with Crippen LogP contribution in [-0.2, 0) is 39.3 Å². The van der Waals surface area contributed by atoms with Gasteiger partial charge in [-0.05, 0) is 132 Å². The average Bonchev–Trinajstić information content (AvgIpc) is 3.95. The van der Waals surface area contributed by atoms with Crippen LogP contribution in [0, 0.1) is 5.92 Å². The van der Waals surface area contributed by atoms with Gasteiger partial charge in [0.25, 0.3) is 5.91 Å². The van der Waals surface area contributed by atoms with Gasteiger partial charge in [0, 0.05) is 56.1 Å². The third kappa shape index (κ3) is 9.94. The second-order valence-electron chi connectivity index (χ2n) is 18.9. The van der Waals surface area contributed by atoms with Gasteiger partial charge in [-0.2, -0.15) is 0 Å². The number of allylic oxidation sites excluding steroid dienone is 3. The summed E-state index contributed by atoms with van der Waals surface area (Å²) >= 11 is 0. The number of carbonyl (C=O) groups excluding carboxylic acids is 2. The smallest absolute Gasteiger partial charge is 0.264 e. The highest BCUT2D eigenvalue weighted by Crippen LogP contribution is 2.60. The molecule has 13 nitrogen and oxygen atoms in total. The molecule has 354 valence electrons. The number of hydrogen-bond acceptors (Lipinski definition) is 10. The van der Waals surface area contributed by atoms with Crippen LogP contribution in [0.3, 0.4) is 0 Å². The molecule has 0 bridgehead atoms. The fourth-order valence-electron chi connectivity index (χ4n) is 10.5. The lowest BCUT2D eigenvalue weighted by molar-refractivity contribution is -0.145. The molecule has 3 aromatic carbocycles. The molecule has 1 aromatic heterocycles. The van der Waals surface area contributed by atoms with E-state index in [9.17, 15) is 15.0 Å². The Morgan fingerprint density at radius 1 is 0.985 bits per heavy atom. The minimum Gasteiger partial charge on any atom is -0.497 e. The van der Waals surface area contributed by atoms with E-state index in [1.807, 2.05) is 71.2 Å². The summed E-state index contributed by atoms with van der Waals surface area (Å²) in [5, 5.41) is 32.5. The maximum Gasteiger partial charge on any atom is 0.264 e. The topological polar surface area (TPSA) is 152 Å². The zero-order valence-corrected chi connectivity index (χ0v) is 41.2. The summed E-state index contributed by atoms with van der Waals surface area (Å²) < 4.78 is 20.9. The molecule has 1 fully saturated rings. The number of aryl methyl sites for hydroxylation is 1. The lowest BCUT2D eigenvalue weighted by atomic mass is 9.82. The maximum atomic E-state index is 15.8. The van der Waals surface area contributed by atoms with Gasteiger partial charge in [0.1, 0.15) is 11.5 Å². The normalized spacial score (nSPS) is 21.7. The average molecular weight is 919 g/mol. The molecule has 0 aliphatic carbocycles. The molecule has 4 aromatic rings. The number of rotatable bonds is 21. The predicted molar refractivity (Wildman–Crippen MR) is 263 cm³/mol. The zero-order valence-electron chi connectivity index (χ0n) is 40.2. The molecule has 1 spiro atoms. The molecule has 0 radical (unpaired) electrons. The largest absolute Gasteiger partial charge is 0.497 e. The number of methoxy groups -OCH3 is 1. The van der Waals surface area contributed by atoms with E-state index in [0.717, 1.165) is 59.0 Å². The number of ether oxygens (including phenoxy) is 3. The van der Waals surface area contributed by atoms with Gasteiger partial charge in [-0.15, -0.1) is 5.10 Å². The highest BCUT2D eigenvalue weighted by atomic mass is 28.3. The van der Waals surface area contributed by atoms with Crippen LogP contribution in [-0.4, -0.2) is 97.3 Å². The Labute approximate surface area is 391 Å². The molecule has 2 amide bonds. The van der Waals surface area contributed by atoms with Gasteiger partial charge in [0.2, 0.25) is 5.91 Å². The monoisotopic (exact) mass is 919 g/mol. The summed E-state index contributed by atoms with van der Waals surface area (Å²) in [6.45, 7) is 17.3. The predicted octanol–water partition coefficient (Wildman–Crippen LogP) is 7.52. The van der Waals surface area contributed by atoms with Crippen molar-refractivity contribution in [3.8, 4) is 11.5 Å². The second-order valence-corrected chi connectivity index (χ2v) is 23.6. The van der Waals surface area contributed by atoms with Crippen LogP contribution in [0.2, 0.25) is 18.6 Å². The lowest BCUT2D eigenvalue weighted by Crippen LogP contribution is -2.52. The van der Waals surface area contributed by atoms with E-state index in [1.54, 1.807) is 12.0 Å². The molecule has 14 heteroatoms. The van der Waals surface area contributed by atoms with Crippen LogP contribution in [0.5, 0.6) is 11.5 Å². The minimum absolute atomic E-state index is 0.0108. The Morgan fingerprint density at radius 2 is 1.74 bits per heavy atom. The number of nitrogens with one attached hydrogen (secondary N) is 1. The number of hydrogen-bond donors (Lipinski definition) is 3. The maximum absolute atomic E-state index is 15.8. The van der Waals surface area contributed by atoms with Gasteiger partial charge in [0.05, 0.1) is 51.0 Å². The fourth-order valence-corrected chi connectivity index (χ4v) is 14.5. The van der Waals surface area contributed by atoms with Gasteiger partial charge in [0.15, 0.2) is 5.60 Å². The summed E-state index contributed by atoms with van der Waals surface area (Å²) in [6, 6.07) is 19.8. The molecule has 5 atom stereocenters. The van der Waals surface area contributed by atoms with Crippen molar-refractivity contribution in [2.75, 3.05) is 49.8 Å². The van der Waals surface area contributed by atoms with Gasteiger partial charge >= 0.3 is 0 Å². The number of aliphatic hydroxyl groups is 2. The van der Waals surface area contributed by atoms with E-state index in [2.05, 4.69) is 80.7 Å². The summed E-state index contributed by atoms with van der Waals surface area (Å²) in [5.74, 6) is 1.09. The number of fused-ring (bicyclic) bond motifs is 3. The Bertz CT molecular complexity index is 2390. The quantitative estimate of drug-likeness (QED) is 0.0435. The van der Waals surface area contributed by atoms with Crippen LogP contribution in [0.15, 0.2) is 90.2 Å². The minimum atomic E-state index is -2.47. The molecule has 4 heterocycles. The van der Waals surface area contributed by atoms with E-state index in [4.69, 9.17) is 14.2 Å². The van der Waals surface area contributed by atoms with Crippen LogP contribution >= 0.6 is 0 Å². The molecule has 66 heavy (non-hydrogen) atoms. The van der Waals surface area contributed by atoms with Crippen molar-refractivity contribution in [3.63, 3.8) is 0 Å². The van der Waals surface area contributed by atoms with Crippen LogP contribution in [0.25, 0.3) is 0 Å². The Balaban J connectivity index is 1.35. The number of amides is 2. The first-order valence-electron chi connectivity index (χ1n) is 23.8. The lowest BCUT2D eigenvalue weighted by Gasteiger charge is -2.37. The highest BCUT2D eigenvalue weighted by molar-refractivity contribution is 6.91. The standard InChI is InChI=1S/C52H70N6O7Si/c1-9-64-42-18-22-46-38(31-42)32-45(53-26-10-11-29-59)50(61)58(46)40-15-21-47-44(33-40)52(51(62)57(47)28-23-36(4)14-12-13-35(2)3)37(5)49(66(7,8)43-19-16-41(63-6)17-20-43)48(65-52)24-27-56-34-39(25-30-60)54-55-56/h13,15-23,31,33-34,37,45,48-49,53,59-60H,9-12,14,24-30,32H2,1-8H3/b36-23+/t37-,45?,48+,49-,52+/m1/s1. The van der Waals surface area contributed by atoms with Crippen molar-refractivity contribution in [3.05, 3.63) is 107 Å². The molecule has 3 aliphatic rings. The van der Waals surface area contributed by atoms with Gasteiger partial charge < -0.3 is 34.6 Å². The first-order chi connectivity index (χ1) is 31.8. The molecule has 0 saturated carbocycles. The molecule has 1 saturated heterocycles. The van der Waals surface area contributed by atoms with Crippen LogP contribution in [0.1, 0.15) is 83.5 Å². The van der Waals surface area contributed by atoms with Crippen molar-refractivity contribution in [1.29, 1.82) is 0 Å². The van der Waals surface area contributed by atoms with E-state index in [-0.39, 0.29) is 42.6 Å². The first kappa shape index (κ1) is 48.8. The molecular weight excluding hydrogens is 849 g/mol. The van der Waals surface area contributed by atoms with E-state index >= 15 is 4.79 Å². The van der Waals surface area contributed by atoms with Crippen LogP contribution in [0.4, 0.5) is 17.1 Å². The van der Waals surface area contributed by atoms with Crippen molar-refractivity contribution in [1.82, 2.24) is 20.3 Å². The van der Waals surface area contributed by atoms with E-state index in [1.165, 1.54) is 16.3 Å². The Kier molecular flexibility index (Phi) is 15.7. The van der Waals surface area contributed by atoms with Crippen molar-refractivity contribution >= 4 is 42.1 Å². The van der Waals surface area contributed by atoms with Crippen molar-refractivity contribution in [2.24, 2.45) is 5.92 Å². The molecule has 3 aliphatic heterocycles. The summed E-state index contributed by atoms with van der Waals surface area (Å²) in [6.07, 6.45) is 10.7. The number of aromatic nitrogens is 3. The zero-order chi connectivity index (χ0) is 47.2. The van der Waals surface area contributed by atoms with Gasteiger partial charge in [-0.25, -0.2) is 0 Å². The fraction of sp³-hybridized carbons (Fsp3) is 0.500. The first-order valence-corrected chi connectivity index (χ1v) is 26.9. The van der Waals surface area contributed by atoms with Gasteiger partial charge in [-0.3, -0.25) is 19.2 Å². The Hall–Kier alpha value is -5.12. The molecular formula is C52H70N6O7Si. The Morgan fingerprint density at radius 3 is 2.45 bits per heavy atom. The van der Waals surface area contributed by atoms with Gasteiger partial charge in [-0.1, -0.05) is 65.8 Å². The number of unbranched alkanes of at least 4 members (excludes halogenated alkanes) is 1.